The third-order valence-corrected chi connectivity index (χ3v) is 4.16. The molecule has 0 aliphatic heterocycles. The van der Waals surface area contributed by atoms with Crippen LogP contribution in [0.5, 0.6) is 0 Å². The van der Waals surface area contributed by atoms with Gasteiger partial charge in [0.1, 0.15) is 5.69 Å². The van der Waals surface area contributed by atoms with Gasteiger partial charge < -0.3 is 0 Å². The van der Waals surface area contributed by atoms with Crippen LogP contribution in [0.2, 0.25) is 0 Å². The maximum atomic E-state index is 4.73. The highest BCUT2D eigenvalue weighted by Gasteiger charge is 2.14. The zero-order valence-electron chi connectivity index (χ0n) is 11.7. The van der Waals surface area contributed by atoms with Gasteiger partial charge in [0, 0.05) is 17.1 Å². The summed E-state index contributed by atoms with van der Waals surface area (Å²) in [5, 5.41) is 2.03. The van der Waals surface area contributed by atoms with Crippen molar-refractivity contribution in [1.29, 1.82) is 0 Å². The summed E-state index contributed by atoms with van der Waals surface area (Å²) in [5.74, 6) is 0.936. The molecule has 2 aromatic heterocycles. The van der Waals surface area contributed by atoms with Gasteiger partial charge in [-0.2, -0.15) is 0 Å². The molecule has 0 bridgehead atoms. The maximum Gasteiger partial charge on any atom is 0.195 e. The molecule has 0 saturated carbocycles. The van der Waals surface area contributed by atoms with Crippen LogP contribution in [0, 0.1) is 0 Å². The minimum absolute atomic E-state index is 0.936. The first kappa shape index (κ1) is 12.9. The largest absolute Gasteiger partial charge is 0.300 e. The van der Waals surface area contributed by atoms with Crippen molar-refractivity contribution in [3.63, 3.8) is 0 Å². The summed E-state index contributed by atoms with van der Waals surface area (Å²) in [6.07, 6.45) is 2.02. The fourth-order valence-corrected chi connectivity index (χ4v) is 3.07. The summed E-state index contributed by atoms with van der Waals surface area (Å²) < 4.78 is 2.06. The molecule has 0 atom stereocenters. The molecular weight excluding hydrogens is 292 g/mol. The number of para-hydroxylation sites is 1. The van der Waals surface area contributed by atoms with Crippen molar-refractivity contribution in [2.24, 2.45) is 0 Å². The van der Waals surface area contributed by atoms with Crippen molar-refractivity contribution >= 4 is 27.8 Å². The van der Waals surface area contributed by atoms with E-state index in [2.05, 4.69) is 27.4 Å². The monoisotopic (exact) mass is 306 g/mol. The molecule has 2 N–H and O–H groups in total. The molecule has 0 aliphatic rings. The van der Waals surface area contributed by atoms with E-state index < -0.39 is 0 Å². The molecule has 5 heteroatoms. The van der Waals surface area contributed by atoms with Gasteiger partial charge in [-0.25, -0.2) is 4.98 Å². The Balaban J connectivity index is 1.73. The van der Waals surface area contributed by atoms with Crippen LogP contribution < -0.4 is 10.9 Å². The van der Waals surface area contributed by atoms with E-state index in [-0.39, 0.29) is 0 Å². The van der Waals surface area contributed by atoms with E-state index in [0.29, 0.717) is 0 Å². The van der Waals surface area contributed by atoms with E-state index in [4.69, 9.17) is 4.98 Å². The number of fused-ring (bicyclic) bond motifs is 1. The quantitative estimate of drug-likeness (QED) is 0.545. The molecule has 4 rings (SSSR count). The van der Waals surface area contributed by atoms with Crippen molar-refractivity contribution in [3.8, 4) is 11.3 Å². The Morgan fingerprint density at radius 2 is 1.59 bits per heavy atom. The number of anilines is 2. The zero-order valence-corrected chi connectivity index (χ0v) is 12.5. The first-order chi connectivity index (χ1) is 10.9. The van der Waals surface area contributed by atoms with Crippen LogP contribution in [0.1, 0.15) is 0 Å². The number of hydrazine groups is 1. The fraction of sp³-hybridized carbons (Fsp3) is 0. The lowest BCUT2D eigenvalue weighted by atomic mass is 10.1. The number of hydrogen-bond acceptors (Lipinski definition) is 4. The normalized spacial score (nSPS) is 10.7. The number of nitrogens with one attached hydrogen (secondary N) is 2. The molecular formula is C17H14N4S. The third-order valence-electron chi connectivity index (χ3n) is 3.41. The summed E-state index contributed by atoms with van der Waals surface area (Å²) in [4.78, 5) is 5.70. The van der Waals surface area contributed by atoms with Crippen molar-refractivity contribution in [2.75, 3.05) is 10.9 Å². The number of thiazole rings is 1. The fourth-order valence-electron chi connectivity index (χ4n) is 2.36. The molecule has 0 saturated heterocycles. The Bertz CT molecular complexity index is 881. The lowest BCUT2D eigenvalue weighted by Gasteiger charge is -2.10. The van der Waals surface area contributed by atoms with Crippen molar-refractivity contribution in [1.82, 2.24) is 9.38 Å². The van der Waals surface area contributed by atoms with Crippen LogP contribution in [-0.2, 0) is 0 Å². The Hall–Kier alpha value is -2.79. The number of imidazole rings is 1. The van der Waals surface area contributed by atoms with Crippen LogP contribution in [0.15, 0.2) is 72.2 Å². The van der Waals surface area contributed by atoms with Gasteiger partial charge in [-0.15, -0.1) is 11.3 Å². The third kappa shape index (κ3) is 2.31. The Kier molecular flexibility index (Phi) is 3.25. The summed E-state index contributed by atoms with van der Waals surface area (Å²) in [6.45, 7) is 0. The zero-order chi connectivity index (χ0) is 14.8. The maximum absolute atomic E-state index is 4.73. The average Bonchev–Trinajstić information content (AvgIpc) is 3.16. The van der Waals surface area contributed by atoms with Crippen LogP contribution >= 0.6 is 11.3 Å². The minimum atomic E-state index is 0.936. The highest BCUT2D eigenvalue weighted by atomic mass is 32.1. The van der Waals surface area contributed by atoms with Crippen LogP contribution in [-0.4, -0.2) is 9.38 Å². The predicted molar refractivity (Wildman–Crippen MR) is 92.2 cm³/mol. The standard InChI is InChI=1S/C17H14N4S/c1-3-7-13(8-4-1)15-16(21-11-12-22-17(21)18-15)20-19-14-9-5-2-6-10-14/h1-12,19-20H. The summed E-state index contributed by atoms with van der Waals surface area (Å²) in [5.41, 5.74) is 9.57. The molecule has 0 radical (unpaired) electrons. The van der Waals surface area contributed by atoms with Crippen LogP contribution in [0.4, 0.5) is 11.5 Å². The van der Waals surface area contributed by atoms with E-state index in [0.717, 1.165) is 27.7 Å². The summed E-state index contributed by atoms with van der Waals surface area (Å²) in [6, 6.07) is 20.2. The number of benzene rings is 2. The molecule has 22 heavy (non-hydrogen) atoms. The van der Waals surface area contributed by atoms with E-state index in [1.807, 2.05) is 60.1 Å². The highest BCUT2D eigenvalue weighted by Crippen LogP contribution is 2.30. The van der Waals surface area contributed by atoms with Gasteiger partial charge >= 0.3 is 0 Å². The van der Waals surface area contributed by atoms with E-state index in [1.165, 1.54) is 0 Å². The molecule has 4 aromatic rings. The number of hydrogen-bond donors (Lipinski definition) is 2. The first-order valence-corrected chi connectivity index (χ1v) is 7.88. The van der Waals surface area contributed by atoms with Crippen molar-refractivity contribution in [2.45, 2.75) is 0 Å². The van der Waals surface area contributed by atoms with Gasteiger partial charge in [0.25, 0.3) is 0 Å². The van der Waals surface area contributed by atoms with Gasteiger partial charge in [-0.1, -0.05) is 48.5 Å². The minimum Gasteiger partial charge on any atom is -0.300 e. The lowest BCUT2D eigenvalue weighted by molar-refractivity contribution is 1.20. The number of rotatable bonds is 4. The summed E-state index contributed by atoms with van der Waals surface area (Å²) >= 11 is 1.62. The average molecular weight is 306 g/mol. The molecule has 0 aliphatic carbocycles. The van der Waals surface area contributed by atoms with Gasteiger partial charge in [-0.3, -0.25) is 15.3 Å². The highest BCUT2D eigenvalue weighted by molar-refractivity contribution is 7.15. The molecule has 2 aromatic carbocycles. The van der Waals surface area contributed by atoms with Crippen LogP contribution in [0.25, 0.3) is 16.2 Å². The lowest BCUT2D eigenvalue weighted by Crippen LogP contribution is -2.10. The van der Waals surface area contributed by atoms with Crippen LogP contribution in [0.3, 0.4) is 0 Å². The van der Waals surface area contributed by atoms with Gasteiger partial charge in [-0.05, 0) is 12.1 Å². The molecule has 0 unspecified atom stereocenters. The summed E-state index contributed by atoms with van der Waals surface area (Å²) in [7, 11) is 0. The SMILES string of the molecule is c1ccc(NNc2c(-c3ccccc3)nc3sccn23)cc1. The first-order valence-electron chi connectivity index (χ1n) is 7.00. The van der Waals surface area contributed by atoms with E-state index in [1.54, 1.807) is 11.3 Å². The van der Waals surface area contributed by atoms with Crippen molar-refractivity contribution in [3.05, 3.63) is 72.2 Å². The number of aromatic nitrogens is 2. The Morgan fingerprint density at radius 3 is 2.36 bits per heavy atom. The topological polar surface area (TPSA) is 41.4 Å². The second-order valence-corrected chi connectivity index (χ2v) is 5.72. The second-order valence-electron chi connectivity index (χ2n) is 4.85. The molecule has 2 heterocycles. The molecule has 108 valence electrons. The van der Waals surface area contributed by atoms with E-state index in [9.17, 15) is 0 Å². The molecule has 0 spiro atoms. The Labute approximate surface area is 132 Å². The van der Waals surface area contributed by atoms with Gasteiger partial charge in [0.15, 0.2) is 10.8 Å². The molecule has 0 fully saturated rings. The second kappa shape index (κ2) is 5.54. The van der Waals surface area contributed by atoms with Gasteiger partial charge in [0.05, 0.1) is 5.69 Å². The van der Waals surface area contributed by atoms with Crippen molar-refractivity contribution < 1.29 is 0 Å². The smallest absolute Gasteiger partial charge is 0.195 e. The van der Waals surface area contributed by atoms with Gasteiger partial charge in [0.2, 0.25) is 0 Å². The number of nitrogens with zero attached hydrogens (tertiary/aromatic N) is 2. The Morgan fingerprint density at radius 1 is 0.864 bits per heavy atom. The molecule has 4 nitrogen and oxygen atoms in total. The predicted octanol–water partition coefficient (Wildman–Crippen LogP) is 4.50. The van der Waals surface area contributed by atoms with E-state index >= 15 is 0 Å². The molecule has 0 amide bonds.